The summed E-state index contributed by atoms with van der Waals surface area (Å²) in [7, 11) is 0. The van der Waals surface area contributed by atoms with Crippen LogP contribution in [0.2, 0.25) is 0 Å². The molecule has 1 heterocycles. The number of halogens is 2. The maximum absolute atomic E-state index is 13.2. The van der Waals surface area contributed by atoms with Gasteiger partial charge in [-0.25, -0.2) is 13.6 Å². The Bertz CT molecular complexity index is 934. The van der Waals surface area contributed by atoms with Gasteiger partial charge in [-0.15, -0.1) is 11.3 Å². The molecule has 27 heavy (non-hydrogen) atoms. The quantitative estimate of drug-likeness (QED) is 0.594. The highest BCUT2D eigenvalue weighted by Crippen LogP contribution is 2.36. The molecular weight excluding hydrogens is 376 g/mol. The summed E-state index contributed by atoms with van der Waals surface area (Å²) >= 11 is 1.27. The third kappa shape index (κ3) is 4.21. The highest BCUT2D eigenvalue weighted by Gasteiger charge is 2.31. The van der Waals surface area contributed by atoms with Gasteiger partial charge in [-0.3, -0.25) is 9.59 Å². The topological polar surface area (TPSA) is 72.5 Å². The maximum Gasteiger partial charge on any atom is 0.341 e. The van der Waals surface area contributed by atoms with E-state index in [0.717, 1.165) is 35.9 Å². The fourth-order valence-corrected chi connectivity index (χ4v) is 3.53. The van der Waals surface area contributed by atoms with E-state index in [0.29, 0.717) is 10.6 Å². The van der Waals surface area contributed by atoms with E-state index in [-0.39, 0.29) is 23.0 Å². The summed E-state index contributed by atoms with van der Waals surface area (Å²) in [6.07, 6.45) is 1.66. The van der Waals surface area contributed by atoms with Gasteiger partial charge in [-0.1, -0.05) is 0 Å². The Kier molecular flexibility index (Phi) is 5.36. The number of carbonyl (C=O) groups is 3. The Morgan fingerprint density at radius 3 is 2.52 bits per heavy atom. The molecule has 0 spiro atoms. The first-order chi connectivity index (χ1) is 12.8. The number of carbonyl (C=O) groups excluding carboxylic acids is 3. The van der Waals surface area contributed by atoms with Crippen molar-refractivity contribution >= 4 is 34.0 Å². The van der Waals surface area contributed by atoms with Gasteiger partial charge in [0, 0.05) is 16.4 Å². The maximum atomic E-state index is 13.2. The molecule has 0 radical (unpaired) electrons. The number of aryl methyl sites for hydroxylation is 1. The van der Waals surface area contributed by atoms with Gasteiger partial charge in [-0.05, 0) is 50.5 Å². The predicted molar refractivity (Wildman–Crippen MR) is 96.1 cm³/mol. The molecule has 1 N–H and O–H groups in total. The number of benzene rings is 1. The van der Waals surface area contributed by atoms with E-state index in [2.05, 4.69) is 5.32 Å². The Balaban J connectivity index is 1.70. The number of esters is 1. The van der Waals surface area contributed by atoms with Gasteiger partial charge in [0.05, 0.1) is 5.56 Å². The standard InChI is InChI=1S/C19H17F2NO4S/c1-9-10(2)27-18(22-17(24)11-3-4-11)16(9)19(25)26-8-15(23)12-5-6-13(20)14(21)7-12/h5-7,11H,3-4,8H2,1-2H3,(H,22,24). The van der Waals surface area contributed by atoms with E-state index >= 15 is 0 Å². The van der Waals surface area contributed by atoms with Crippen LogP contribution in [0.15, 0.2) is 18.2 Å². The molecule has 1 fully saturated rings. The normalized spacial score (nSPS) is 13.3. The van der Waals surface area contributed by atoms with Crippen molar-refractivity contribution in [2.75, 3.05) is 11.9 Å². The molecule has 3 rings (SSSR count). The number of rotatable bonds is 6. The third-order valence-corrected chi connectivity index (χ3v) is 5.47. The zero-order valence-corrected chi connectivity index (χ0v) is 15.5. The summed E-state index contributed by atoms with van der Waals surface area (Å²) in [5.74, 6) is -3.78. The number of amides is 1. The number of hydrogen-bond donors (Lipinski definition) is 1. The number of anilines is 1. The molecule has 0 aliphatic heterocycles. The van der Waals surface area contributed by atoms with Gasteiger partial charge in [0.2, 0.25) is 5.91 Å². The number of ether oxygens (including phenoxy) is 1. The van der Waals surface area contributed by atoms with Gasteiger partial charge < -0.3 is 10.1 Å². The van der Waals surface area contributed by atoms with Crippen LogP contribution in [0.1, 0.15) is 44.0 Å². The first-order valence-corrected chi connectivity index (χ1v) is 9.15. The van der Waals surface area contributed by atoms with E-state index < -0.39 is 30.0 Å². The molecule has 1 saturated carbocycles. The van der Waals surface area contributed by atoms with Gasteiger partial charge in [-0.2, -0.15) is 0 Å². The summed E-state index contributed by atoms with van der Waals surface area (Å²) in [5.41, 5.74) is 0.781. The molecule has 5 nitrogen and oxygen atoms in total. The minimum absolute atomic E-state index is 0.0217. The number of hydrogen-bond acceptors (Lipinski definition) is 5. The SMILES string of the molecule is Cc1sc(NC(=O)C2CC2)c(C(=O)OCC(=O)c2ccc(F)c(F)c2)c1C. The lowest BCUT2D eigenvalue weighted by Gasteiger charge is -2.08. The van der Waals surface area contributed by atoms with Crippen LogP contribution < -0.4 is 5.32 Å². The highest BCUT2D eigenvalue weighted by molar-refractivity contribution is 7.16. The molecule has 1 aliphatic rings. The summed E-state index contributed by atoms with van der Waals surface area (Å²) in [4.78, 5) is 37.4. The van der Waals surface area contributed by atoms with E-state index in [4.69, 9.17) is 4.74 Å². The van der Waals surface area contributed by atoms with Crippen LogP contribution in [0.3, 0.4) is 0 Å². The number of Topliss-reactive ketones (excluding diaryl/α,β-unsaturated/α-hetero) is 1. The molecule has 1 aliphatic carbocycles. The number of nitrogens with one attached hydrogen (secondary N) is 1. The molecular formula is C19H17F2NO4S. The highest BCUT2D eigenvalue weighted by atomic mass is 32.1. The minimum atomic E-state index is -1.15. The van der Waals surface area contributed by atoms with Gasteiger partial charge >= 0.3 is 5.97 Å². The van der Waals surface area contributed by atoms with E-state index in [1.54, 1.807) is 6.92 Å². The van der Waals surface area contributed by atoms with Gasteiger partial charge in [0.15, 0.2) is 24.0 Å². The van der Waals surface area contributed by atoms with Gasteiger partial charge in [0.1, 0.15) is 5.00 Å². The Hall–Kier alpha value is -2.61. The van der Waals surface area contributed by atoms with Crippen molar-refractivity contribution in [2.45, 2.75) is 26.7 Å². The van der Waals surface area contributed by atoms with Crippen LogP contribution >= 0.6 is 11.3 Å². The smallest absolute Gasteiger partial charge is 0.341 e. The molecule has 1 amide bonds. The Morgan fingerprint density at radius 2 is 1.89 bits per heavy atom. The van der Waals surface area contributed by atoms with Crippen molar-refractivity contribution in [2.24, 2.45) is 5.92 Å². The average Bonchev–Trinajstić information content (AvgIpc) is 3.43. The first kappa shape index (κ1) is 19.2. The molecule has 0 atom stereocenters. The van der Waals surface area contributed by atoms with Crippen molar-refractivity contribution in [3.05, 3.63) is 51.4 Å². The molecule has 1 aromatic carbocycles. The Morgan fingerprint density at radius 1 is 1.19 bits per heavy atom. The third-order valence-electron chi connectivity index (χ3n) is 4.35. The summed E-state index contributed by atoms with van der Waals surface area (Å²) in [6.45, 7) is 2.93. The summed E-state index contributed by atoms with van der Waals surface area (Å²) in [6, 6.07) is 2.71. The fourth-order valence-electron chi connectivity index (χ4n) is 2.48. The molecule has 1 aromatic heterocycles. The largest absolute Gasteiger partial charge is 0.454 e. The lowest BCUT2D eigenvalue weighted by atomic mass is 10.1. The van der Waals surface area contributed by atoms with E-state index in [9.17, 15) is 23.2 Å². The average molecular weight is 393 g/mol. The minimum Gasteiger partial charge on any atom is -0.454 e. The lowest BCUT2D eigenvalue weighted by molar-refractivity contribution is -0.117. The second-order valence-corrected chi connectivity index (χ2v) is 7.60. The van der Waals surface area contributed by atoms with Crippen LogP contribution in [0.5, 0.6) is 0 Å². The first-order valence-electron chi connectivity index (χ1n) is 8.34. The number of thiophene rings is 1. The van der Waals surface area contributed by atoms with Crippen LogP contribution in [-0.4, -0.2) is 24.3 Å². The van der Waals surface area contributed by atoms with E-state index in [1.165, 1.54) is 11.3 Å². The van der Waals surface area contributed by atoms with Crippen molar-refractivity contribution in [1.82, 2.24) is 0 Å². The predicted octanol–water partition coefficient (Wildman–Crippen LogP) is 4.03. The summed E-state index contributed by atoms with van der Waals surface area (Å²) in [5, 5.41) is 3.15. The van der Waals surface area contributed by atoms with Crippen LogP contribution in [0.25, 0.3) is 0 Å². The second kappa shape index (κ2) is 7.56. The molecule has 0 bridgehead atoms. The van der Waals surface area contributed by atoms with Crippen LogP contribution in [0.4, 0.5) is 13.8 Å². The van der Waals surface area contributed by atoms with Gasteiger partial charge in [0.25, 0.3) is 0 Å². The molecule has 0 unspecified atom stereocenters. The zero-order chi connectivity index (χ0) is 19.7. The monoisotopic (exact) mass is 393 g/mol. The van der Waals surface area contributed by atoms with Crippen molar-refractivity contribution in [1.29, 1.82) is 0 Å². The van der Waals surface area contributed by atoms with Crippen molar-refractivity contribution in [3.63, 3.8) is 0 Å². The zero-order valence-electron chi connectivity index (χ0n) is 14.7. The second-order valence-electron chi connectivity index (χ2n) is 6.38. The van der Waals surface area contributed by atoms with Crippen LogP contribution in [-0.2, 0) is 9.53 Å². The number of ketones is 1. The summed E-state index contributed by atoms with van der Waals surface area (Å²) < 4.78 is 31.2. The molecule has 2 aromatic rings. The fraction of sp³-hybridized carbons (Fsp3) is 0.316. The van der Waals surface area contributed by atoms with Crippen LogP contribution in [0, 0.1) is 31.4 Å². The molecule has 142 valence electrons. The lowest BCUT2D eigenvalue weighted by Crippen LogP contribution is -2.18. The van der Waals surface area contributed by atoms with Crippen molar-refractivity contribution in [3.8, 4) is 0 Å². The van der Waals surface area contributed by atoms with Crippen molar-refractivity contribution < 1.29 is 27.9 Å². The Labute approximate surface area is 158 Å². The molecule has 0 saturated heterocycles. The molecule has 8 heteroatoms. The van der Waals surface area contributed by atoms with E-state index in [1.807, 2.05) is 6.92 Å².